The lowest BCUT2D eigenvalue weighted by Gasteiger charge is -2.36. The van der Waals surface area contributed by atoms with Crippen LogP contribution in [0.25, 0.3) is 0 Å². The first-order valence-corrected chi connectivity index (χ1v) is 9.81. The standard InChI is InChI=1S/C13H20BrNO3Si/c1-13(2,3)19(4,5)18-9-10-6-7-11(14)8-12(10)15(16)17/h6-8H,9H2,1-5H3. The lowest BCUT2D eigenvalue weighted by Crippen LogP contribution is -2.40. The van der Waals surface area contributed by atoms with Crippen molar-refractivity contribution in [2.24, 2.45) is 0 Å². The van der Waals surface area contributed by atoms with Crippen molar-refractivity contribution >= 4 is 29.9 Å². The molecule has 19 heavy (non-hydrogen) atoms. The van der Waals surface area contributed by atoms with E-state index < -0.39 is 8.32 Å². The van der Waals surface area contributed by atoms with Crippen molar-refractivity contribution in [3.63, 3.8) is 0 Å². The molecule has 0 aliphatic carbocycles. The van der Waals surface area contributed by atoms with Crippen molar-refractivity contribution in [1.82, 2.24) is 0 Å². The summed E-state index contributed by atoms with van der Waals surface area (Å²) in [7, 11) is -1.89. The fourth-order valence-electron chi connectivity index (χ4n) is 1.30. The van der Waals surface area contributed by atoms with Crippen molar-refractivity contribution in [3.8, 4) is 0 Å². The molecule has 4 nitrogen and oxygen atoms in total. The molecule has 0 spiro atoms. The van der Waals surface area contributed by atoms with Crippen molar-refractivity contribution in [1.29, 1.82) is 0 Å². The molecule has 0 aromatic heterocycles. The third-order valence-corrected chi connectivity index (χ3v) is 8.61. The van der Waals surface area contributed by atoms with E-state index in [9.17, 15) is 10.1 Å². The molecular formula is C13H20BrNO3Si. The fourth-order valence-corrected chi connectivity index (χ4v) is 2.60. The molecule has 0 heterocycles. The van der Waals surface area contributed by atoms with Crippen LogP contribution >= 0.6 is 15.9 Å². The van der Waals surface area contributed by atoms with Gasteiger partial charge in [-0.05, 0) is 30.3 Å². The molecule has 0 atom stereocenters. The van der Waals surface area contributed by atoms with Crippen LogP contribution in [-0.2, 0) is 11.0 Å². The molecule has 1 aromatic carbocycles. The van der Waals surface area contributed by atoms with E-state index in [-0.39, 0.29) is 15.6 Å². The molecule has 0 amide bonds. The van der Waals surface area contributed by atoms with Gasteiger partial charge in [-0.1, -0.05) is 36.7 Å². The molecular weight excluding hydrogens is 326 g/mol. The summed E-state index contributed by atoms with van der Waals surface area (Å²) in [5, 5.41) is 11.1. The summed E-state index contributed by atoms with van der Waals surface area (Å²) in [6.07, 6.45) is 0. The van der Waals surface area contributed by atoms with Crippen molar-refractivity contribution < 1.29 is 9.35 Å². The van der Waals surface area contributed by atoms with Crippen LogP contribution in [0.5, 0.6) is 0 Å². The minimum absolute atomic E-state index is 0.0944. The normalized spacial score (nSPS) is 12.5. The zero-order valence-corrected chi connectivity index (χ0v) is 14.6. The summed E-state index contributed by atoms with van der Waals surface area (Å²) in [6.45, 7) is 11.0. The molecule has 0 aliphatic heterocycles. The molecule has 0 bridgehead atoms. The minimum Gasteiger partial charge on any atom is -0.412 e. The third kappa shape index (κ3) is 4.12. The summed E-state index contributed by atoms with van der Waals surface area (Å²) in [6, 6.07) is 5.07. The number of benzene rings is 1. The van der Waals surface area contributed by atoms with E-state index in [1.54, 1.807) is 12.1 Å². The summed E-state index contributed by atoms with van der Waals surface area (Å²) in [4.78, 5) is 10.7. The Morgan fingerprint density at radius 3 is 2.42 bits per heavy atom. The topological polar surface area (TPSA) is 52.4 Å². The van der Waals surface area contributed by atoms with Gasteiger partial charge >= 0.3 is 0 Å². The van der Waals surface area contributed by atoms with Crippen LogP contribution in [0, 0.1) is 10.1 Å². The molecule has 1 rings (SSSR count). The zero-order valence-electron chi connectivity index (χ0n) is 12.0. The van der Waals surface area contributed by atoms with E-state index in [1.165, 1.54) is 6.07 Å². The maximum Gasteiger partial charge on any atom is 0.275 e. The number of nitrogens with zero attached hydrogens (tertiary/aromatic N) is 1. The number of nitro benzene ring substituents is 1. The van der Waals surface area contributed by atoms with Gasteiger partial charge in [-0.3, -0.25) is 10.1 Å². The first-order valence-electron chi connectivity index (χ1n) is 6.11. The Hall–Kier alpha value is -0.723. The summed E-state index contributed by atoms with van der Waals surface area (Å²) < 4.78 is 6.73. The second kappa shape index (κ2) is 5.72. The van der Waals surface area contributed by atoms with E-state index in [0.717, 1.165) is 0 Å². The van der Waals surface area contributed by atoms with Gasteiger partial charge in [0.2, 0.25) is 0 Å². The van der Waals surface area contributed by atoms with Gasteiger partial charge in [0.05, 0.1) is 17.1 Å². The van der Waals surface area contributed by atoms with E-state index in [1.807, 2.05) is 0 Å². The first kappa shape index (κ1) is 16.3. The SMILES string of the molecule is CC(C)(C)[Si](C)(C)OCc1ccc(Br)cc1[N+](=O)[O-]. The molecule has 0 unspecified atom stereocenters. The van der Waals surface area contributed by atoms with Gasteiger partial charge in [0, 0.05) is 10.5 Å². The predicted molar refractivity (Wildman–Crippen MR) is 82.8 cm³/mol. The number of nitro groups is 1. The quantitative estimate of drug-likeness (QED) is 0.444. The highest BCUT2D eigenvalue weighted by atomic mass is 79.9. The van der Waals surface area contributed by atoms with Crippen molar-refractivity contribution in [2.45, 2.75) is 45.5 Å². The fraction of sp³-hybridized carbons (Fsp3) is 0.538. The minimum atomic E-state index is -1.89. The number of hydrogen-bond acceptors (Lipinski definition) is 3. The maximum absolute atomic E-state index is 11.0. The third-order valence-electron chi connectivity index (χ3n) is 3.64. The molecule has 0 fully saturated rings. The number of hydrogen-bond donors (Lipinski definition) is 0. The number of rotatable bonds is 4. The lowest BCUT2D eigenvalue weighted by atomic mass is 10.2. The smallest absolute Gasteiger partial charge is 0.275 e. The Bertz CT molecular complexity index is 483. The molecule has 6 heteroatoms. The average molecular weight is 346 g/mol. The highest BCUT2D eigenvalue weighted by Crippen LogP contribution is 2.37. The second-order valence-corrected chi connectivity index (χ2v) is 11.8. The van der Waals surface area contributed by atoms with E-state index in [2.05, 4.69) is 49.8 Å². The summed E-state index contributed by atoms with van der Waals surface area (Å²) >= 11 is 3.25. The molecule has 0 saturated heterocycles. The zero-order chi connectivity index (χ0) is 14.8. The molecule has 106 valence electrons. The monoisotopic (exact) mass is 345 g/mol. The van der Waals surface area contributed by atoms with Crippen LogP contribution in [-0.4, -0.2) is 13.2 Å². The molecule has 0 aliphatic rings. The first-order chi connectivity index (χ1) is 8.54. The van der Waals surface area contributed by atoms with Gasteiger partial charge in [0.25, 0.3) is 5.69 Å². The highest BCUT2D eigenvalue weighted by Gasteiger charge is 2.37. The van der Waals surface area contributed by atoms with E-state index in [0.29, 0.717) is 16.6 Å². The van der Waals surface area contributed by atoms with Crippen molar-refractivity contribution in [3.05, 3.63) is 38.3 Å². The Morgan fingerprint density at radius 2 is 1.95 bits per heavy atom. The average Bonchev–Trinajstić information content (AvgIpc) is 2.25. The van der Waals surface area contributed by atoms with Gasteiger partial charge in [-0.25, -0.2) is 0 Å². The molecule has 0 radical (unpaired) electrons. The van der Waals surface area contributed by atoms with Crippen LogP contribution in [0.1, 0.15) is 26.3 Å². The maximum atomic E-state index is 11.0. The Labute approximate surface area is 123 Å². The van der Waals surface area contributed by atoms with Crippen LogP contribution in [0.2, 0.25) is 18.1 Å². The Balaban J connectivity index is 2.93. The highest BCUT2D eigenvalue weighted by molar-refractivity contribution is 9.10. The summed E-state index contributed by atoms with van der Waals surface area (Å²) in [5.41, 5.74) is 0.728. The van der Waals surface area contributed by atoms with Crippen LogP contribution in [0.15, 0.2) is 22.7 Å². The van der Waals surface area contributed by atoms with Crippen LogP contribution in [0.4, 0.5) is 5.69 Å². The molecule has 1 aromatic rings. The van der Waals surface area contributed by atoms with Gasteiger partial charge in [-0.15, -0.1) is 0 Å². The molecule has 0 N–H and O–H groups in total. The van der Waals surface area contributed by atoms with Gasteiger partial charge in [0.1, 0.15) is 0 Å². The Morgan fingerprint density at radius 1 is 1.37 bits per heavy atom. The van der Waals surface area contributed by atoms with Gasteiger partial charge in [0.15, 0.2) is 8.32 Å². The lowest BCUT2D eigenvalue weighted by molar-refractivity contribution is -0.385. The Kier molecular flexibility index (Phi) is 4.92. The predicted octanol–water partition coefficient (Wildman–Crippen LogP) is 4.88. The van der Waals surface area contributed by atoms with E-state index in [4.69, 9.17) is 4.43 Å². The molecule has 0 saturated carbocycles. The van der Waals surface area contributed by atoms with E-state index >= 15 is 0 Å². The van der Waals surface area contributed by atoms with Crippen LogP contribution < -0.4 is 0 Å². The second-order valence-electron chi connectivity index (χ2n) is 6.08. The number of halogens is 1. The largest absolute Gasteiger partial charge is 0.412 e. The van der Waals surface area contributed by atoms with Crippen molar-refractivity contribution in [2.75, 3.05) is 0 Å². The van der Waals surface area contributed by atoms with Gasteiger partial charge < -0.3 is 4.43 Å². The van der Waals surface area contributed by atoms with Gasteiger partial charge in [-0.2, -0.15) is 0 Å². The summed E-state index contributed by atoms with van der Waals surface area (Å²) in [5.74, 6) is 0. The van der Waals surface area contributed by atoms with Crippen LogP contribution in [0.3, 0.4) is 0 Å².